The molecule has 0 spiro atoms. The third kappa shape index (κ3) is 3.43. The predicted molar refractivity (Wildman–Crippen MR) is 135 cm³/mol. The quantitative estimate of drug-likeness (QED) is 0.245. The van der Waals surface area contributed by atoms with Crippen LogP contribution >= 0.6 is 11.6 Å². The van der Waals surface area contributed by atoms with E-state index in [1.807, 2.05) is 6.07 Å². The Morgan fingerprint density at radius 1 is 0.406 bits per heavy atom. The van der Waals surface area contributed by atoms with Crippen LogP contribution < -0.4 is 0 Å². The summed E-state index contributed by atoms with van der Waals surface area (Å²) in [4.78, 5) is 0. The molecule has 154 valence electrons. The van der Waals surface area contributed by atoms with Crippen LogP contribution in [0.3, 0.4) is 0 Å². The van der Waals surface area contributed by atoms with Gasteiger partial charge < -0.3 is 0 Å². The highest BCUT2D eigenvalue weighted by Gasteiger charge is 2.40. The van der Waals surface area contributed by atoms with Gasteiger partial charge in [0.15, 0.2) is 0 Å². The molecule has 5 aromatic rings. The lowest BCUT2D eigenvalue weighted by Gasteiger charge is -2.37. The molecule has 0 bridgehead atoms. The van der Waals surface area contributed by atoms with E-state index in [2.05, 4.69) is 133 Å². The van der Waals surface area contributed by atoms with Crippen LogP contribution in [-0.2, 0) is 5.41 Å². The molecule has 0 aliphatic rings. The monoisotopic (exact) mass is 430 g/mol. The Balaban J connectivity index is 1.90. The second kappa shape index (κ2) is 8.86. The van der Waals surface area contributed by atoms with Crippen molar-refractivity contribution < 1.29 is 0 Å². The van der Waals surface area contributed by atoms with Crippen molar-refractivity contribution in [3.63, 3.8) is 0 Å². The van der Waals surface area contributed by atoms with Crippen LogP contribution in [0.25, 0.3) is 11.1 Å². The SMILES string of the molecule is Clc1c(-c2ccccc2)cccc1C(c1ccccc1)(c1ccccc1)c1ccccc1. The van der Waals surface area contributed by atoms with Gasteiger partial charge >= 0.3 is 0 Å². The number of rotatable bonds is 5. The van der Waals surface area contributed by atoms with Gasteiger partial charge in [-0.2, -0.15) is 0 Å². The molecule has 0 atom stereocenters. The van der Waals surface area contributed by atoms with Crippen molar-refractivity contribution >= 4 is 11.6 Å². The maximum atomic E-state index is 7.28. The van der Waals surface area contributed by atoms with Crippen molar-refractivity contribution in [2.24, 2.45) is 0 Å². The van der Waals surface area contributed by atoms with Gasteiger partial charge in [-0.25, -0.2) is 0 Å². The molecular formula is C31H23Cl. The highest BCUT2D eigenvalue weighted by atomic mass is 35.5. The van der Waals surface area contributed by atoms with Crippen molar-refractivity contribution in [2.45, 2.75) is 5.41 Å². The highest BCUT2D eigenvalue weighted by molar-refractivity contribution is 6.34. The average molecular weight is 431 g/mol. The molecule has 0 N–H and O–H groups in total. The minimum Gasteiger partial charge on any atom is -0.0833 e. The first-order chi connectivity index (χ1) is 15.8. The van der Waals surface area contributed by atoms with E-state index in [1.54, 1.807) is 0 Å². The third-order valence-electron chi connectivity index (χ3n) is 6.11. The molecule has 1 heteroatoms. The Morgan fingerprint density at radius 2 is 0.812 bits per heavy atom. The Labute approximate surface area is 194 Å². The molecule has 0 saturated heterocycles. The molecule has 5 rings (SSSR count). The molecule has 0 aliphatic heterocycles. The molecule has 0 aromatic heterocycles. The normalized spacial score (nSPS) is 11.3. The fourth-order valence-electron chi connectivity index (χ4n) is 4.69. The van der Waals surface area contributed by atoms with Crippen molar-refractivity contribution in [2.75, 3.05) is 0 Å². The summed E-state index contributed by atoms with van der Waals surface area (Å²) < 4.78 is 0. The van der Waals surface area contributed by atoms with Crippen LogP contribution in [0, 0.1) is 0 Å². The summed E-state index contributed by atoms with van der Waals surface area (Å²) in [6.45, 7) is 0. The zero-order chi connectivity index (χ0) is 21.8. The minimum atomic E-state index is -0.550. The molecule has 0 saturated carbocycles. The maximum absolute atomic E-state index is 7.28. The molecule has 0 amide bonds. The first-order valence-corrected chi connectivity index (χ1v) is 11.2. The van der Waals surface area contributed by atoms with E-state index in [0.717, 1.165) is 21.7 Å². The first kappa shape index (κ1) is 20.3. The van der Waals surface area contributed by atoms with Crippen molar-refractivity contribution in [3.8, 4) is 11.1 Å². The van der Waals surface area contributed by atoms with Gasteiger partial charge in [0, 0.05) is 5.56 Å². The topological polar surface area (TPSA) is 0 Å². The second-order valence-electron chi connectivity index (χ2n) is 7.88. The molecule has 0 aliphatic carbocycles. The lowest BCUT2D eigenvalue weighted by atomic mass is 9.65. The van der Waals surface area contributed by atoms with E-state index >= 15 is 0 Å². The summed E-state index contributed by atoms with van der Waals surface area (Å²) >= 11 is 7.28. The van der Waals surface area contributed by atoms with E-state index in [9.17, 15) is 0 Å². The largest absolute Gasteiger partial charge is 0.0833 e. The van der Waals surface area contributed by atoms with Gasteiger partial charge in [0.25, 0.3) is 0 Å². The van der Waals surface area contributed by atoms with Crippen molar-refractivity contribution in [3.05, 3.63) is 167 Å². The van der Waals surface area contributed by atoms with Crippen molar-refractivity contribution in [1.29, 1.82) is 0 Å². The van der Waals surface area contributed by atoms with E-state index < -0.39 is 5.41 Å². The maximum Gasteiger partial charge on any atom is 0.0716 e. The van der Waals surface area contributed by atoms with Gasteiger partial charge in [0.05, 0.1) is 10.4 Å². The predicted octanol–water partition coefficient (Wildman–Crippen LogP) is 8.39. The summed E-state index contributed by atoms with van der Waals surface area (Å²) in [5, 5.41) is 0.773. The molecule has 0 nitrogen and oxygen atoms in total. The number of benzene rings is 5. The van der Waals surface area contributed by atoms with E-state index in [-0.39, 0.29) is 0 Å². The molecule has 0 unspecified atom stereocenters. The van der Waals surface area contributed by atoms with Crippen LogP contribution in [0.4, 0.5) is 0 Å². The second-order valence-corrected chi connectivity index (χ2v) is 8.26. The molecular weight excluding hydrogens is 408 g/mol. The fraction of sp³-hybridized carbons (Fsp3) is 0.0323. The summed E-state index contributed by atoms with van der Waals surface area (Å²) in [5.41, 5.74) is 6.23. The lowest BCUT2D eigenvalue weighted by Crippen LogP contribution is -2.31. The Hall–Kier alpha value is -3.61. The van der Waals surface area contributed by atoms with Gasteiger partial charge in [-0.1, -0.05) is 151 Å². The summed E-state index contributed by atoms with van der Waals surface area (Å²) in [6, 6.07) is 48.7. The first-order valence-electron chi connectivity index (χ1n) is 10.8. The molecule has 5 aromatic carbocycles. The average Bonchev–Trinajstić information content (AvgIpc) is 2.88. The van der Waals surface area contributed by atoms with Crippen LogP contribution in [0.15, 0.2) is 140 Å². The molecule has 0 fully saturated rings. The van der Waals surface area contributed by atoms with Gasteiger partial charge in [-0.3, -0.25) is 0 Å². The number of halogens is 1. The van der Waals surface area contributed by atoms with Crippen LogP contribution in [0.1, 0.15) is 22.3 Å². The summed E-state index contributed by atoms with van der Waals surface area (Å²) in [5.74, 6) is 0. The van der Waals surface area contributed by atoms with E-state index in [0.29, 0.717) is 0 Å². The fourth-order valence-corrected chi connectivity index (χ4v) is 5.07. The van der Waals surface area contributed by atoms with Gasteiger partial charge in [0.2, 0.25) is 0 Å². The lowest BCUT2D eigenvalue weighted by molar-refractivity contribution is 0.745. The van der Waals surface area contributed by atoms with Crippen LogP contribution in [-0.4, -0.2) is 0 Å². The zero-order valence-corrected chi connectivity index (χ0v) is 18.4. The molecule has 0 heterocycles. The zero-order valence-electron chi connectivity index (χ0n) is 17.7. The standard InChI is InChI=1S/C31H23Cl/c32-30-28(24-14-5-1-6-15-24)22-13-23-29(30)31(25-16-7-2-8-17-25,26-18-9-3-10-19-26)27-20-11-4-12-21-27/h1-23H. The van der Waals surface area contributed by atoms with Crippen LogP contribution in [0.2, 0.25) is 5.02 Å². The summed E-state index contributed by atoms with van der Waals surface area (Å²) in [7, 11) is 0. The van der Waals surface area contributed by atoms with Crippen LogP contribution in [0.5, 0.6) is 0 Å². The van der Waals surface area contributed by atoms with Gasteiger partial charge in [-0.15, -0.1) is 0 Å². The van der Waals surface area contributed by atoms with Gasteiger partial charge in [-0.05, 0) is 27.8 Å². The smallest absolute Gasteiger partial charge is 0.0716 e. The highest BCUT2D eigenvalue weighted by Crippen LogP contribution is 2.49. The Kier molecular flexibility index (Phi) is 5.62. The minimum absolute atomic E-state index is 0.550. The molecule has 0 radical (unpaired) electrons. The number of hydrogen-bond donors (Lipinski definition) is 0. The number of hydrogen-bond acceptors (Lipinski definition) is 0. The van der Waals surface area contributed by atoms with E-state index in [4.69, 9.17) is 11.6 Å². The third-order valence-corrected chi connectivity index (χ3v) is 6.52. The molecule has 32 heavy (non-hydrogen) atoms. The van der Waals surface area contributed by atoms with Crippen molar-refractivity contribution in [1.82, 2.24) is 0 Å². The van der Waals surface area contributed by atoms with Gasteiger partial charge in [0.1, 0.15) is 0 Å². The summed E-state index contributed by atoms with van der Waals surface area (Å²) in [6.07, 6.45) is 0. The van der Waals surface area contributed by atoms with E-state index in [1.165, 1.54) is 16.7 Å². The Bertz CT molecular complexity index is 1200. The Morgan fingerprint density at radius 3 is 1.25 bits per heavy atom.